The van der Waals surface area contributed by atoms with E-state index in [0.29, 0.717) is 19.7 Å². The van der Waals surface area contributed by atoms with Crippen molar-refractivity contribution in [2.45, 2.75) is 26.4 Å². The van der Waals surface area contributed by atoms with E-state index in [4.69, 9.17) is 14.1 Å². The van der Waals surface area contributed by atoms with Crippen LogP contribution in [-0.2, 0) is 24.9 Å². The maximum atomic E-state index is 5.95. The molecule has 3 aromatic rings. The van der Waals surface area contributed by atoms with E-state index in [1.165, 1.54) is 0 Å². The second-order valence-corrected chi connectivity index (χ2v) is 6.74. The molecular formula is C20H29IN6O2. The number of nitrogens with one attached hydrogen (secondary N) is 1. The number of nitrogens with zero attached hydrogens (tertiary/aromatic N) is 5. The predicted molar refractivity (Wildman–Crippen MR) is 124 cm³/mol. The molecule has 0 unspecified atom stereocenters. The number of aryl methyl sites for hydroxylation is 1. The standard InChI is InChI=1S/C20H28N6O2.HI/c1-15-23-24-19(26(15)3)13-22-20(21-10-7-11-27-4)25(2)14-17-12-16-8-5-6-9-18(16)28-17;/h5-6,8-9,12H,7,10-11,13-14H2,1-4H3,(H,21,22);1H. The third-order valence-electron chi connectivity index (χ3n) is 4.59. The topological polar surface area (TPSA) is 80.7 Å². The lowest BCUT2D eigenvalue weighted by molar-refractivity contribution is 0.195. The van der Waals surface area contributed by atoms with Crippen LogP contribution in [0.4, 0.5) is 0 Å². The number of ether oxygens (including phenoxy) is 1. The molecule has 1 aromatic carbocycles. The first-order valence-corrected chi connectivity index (χ1v) is 9.39. The highest BCUT2D eigenvalue weighted by Crippen LogP contribution is 2.19. The summed E-state index contributed by atoms with van der Waals surface area (Å²) in [6.07, 6.45) is 0.900. The van der Waals surface area contributed by atoms with Gasteiger partial charge in [0.1, 0.15) is 23.7 Å². The van der Waals surface area contributed by atoms with E-state index >= 15 is 0 Å². The summed E-state index contributed by atoms with van der Waals surface area (Å²) in [4.78, 5) is 6.79. The third-order valence-corrected chi connectivity index (χ3v) is 4.59. The Labute approximate surface area is 188 Å². The summed E-state index contributed by atoms with van der Waals surface area (Å²) in [6.45, 7) is 4.47. The maximum absolute atomic E-state index is 5.95. The number of fused-ring (bicyclic) bond motifs is 1. The summed E-state index contributed by atoms with van der Waals surface area (Å²) in [5.41, 5.74) is 0.895. The van der Waals surface area contributed by atoms with E-state index in [0.717, 1.165) is 47.3 Å². The van der Waals surface area contributed by atoms with Gasteiger partial charge in [-0.05, 0) is 25.5 Å². The van der Waals surface area contributed by atoms with Crippen molar-refractivity contribution in [3.63, 3.8) is 0 Å². The quantitative estimate of drug-likeness (QED) is 0.216. The number of guanidine groups is 1. The second-order valence-electron chi connectivity index (χ2n) is 6.74. The number of rotatable bonds is 8. The Morgan fingerprint density at radius 3 is 2.79 bits per heavy atom. The van der Waals surface area contributed by atoms with Gasteiger partial charge in [0.05, 0.1) is 6.54 Å². The predicted octanol–water partition coefficient (Wildman–Crippen LogP) is 3.10. The lowest BCUT2D eigenvalue weighted by Gasteiger charge is -2.21. The van der Waals surface area contributed by atoms with Crippen molar-refractivity contribution in [2.75, 3.05) is 27.3 Å². The van der Waals surface area contributed by atoms with Crippen LogP contribution >= 0.6 is 24.0 Å². The minimum atomic E-state index is 0. The molecule has 1 N–H and O–H groups in total. The van der Waals surface area contributed by atoms with Gasteiger partial charge in [-0.15, -0.1) is 34.2 Å². The van der Waals surface area contributed by atoms with Crippen LogP contribution in [0.15, 0.2) is 39.7 Å². The lowest BCUT2D eigenvalue weighted by atomic mass is 10.2. The van der Waals surface area contributed by atoms with Crippen LogP contribution in [0.1, 0.15) is 23.8 Å². The van der Waals surface area contributed by atoms with Crippen molar-refractivity contribution >= 4 is 40.9 Å². The molecule has 0 fully saturated rings. The van der Waals surface area contributed by atoms with Crippen LogP contribution in [0.2, 0.25) is 0 Å². The summed E-state index contributed by atoms with van der Waals surface area (Å²) < 4.78 is 13.0. The highest BCUT2D eigenvalue weighted by molar-refractivity contribution is 14.0. The molecule has 0 saturated carbocycles. The van der Waals surface area contributed by atoms with Gasteiger partial charge >= 0.3 is 0 Å². The van der Waals surface area contributed by atoms with Crippen LogP contribution in [0, 0.1) is 6.92 Å². The summed E-state index contributed by atoms with van der Waals surface area (Å²) in [7, 11) is 5.65. The number of aromatic nitrogens is 3. The Morgan fingerprint density at radius 2 is 2.10 bits per heavy atom. The van der Waals surface area contributed by atoms with Gasteiger partial charge in [0, 0.05) is 39.7 Å². The fraction of sp³-hybridized carbons (Fsp3) is 0.450. The first kappa shape index (κ1) is 23.1. The van der Waals surface area contributed by atoms with Crippen LogP contribution in [0.3, 0.4) is 0 Å². The minimum Gasteiger partial charge on any atom is -0.459 e. The van der Waals surface area contributed by atoms with Gasteiger partial charge < -0.3 is 23.9 Å². The van der Waals surface area contributed by atoms with Gasteiger partial charge in [0.15, 0.2) is 11.8 Å². The molecule has 3 rings (SSSR count). The van der Waals surface area contributed by atoms with Crippen LogP contribution in [-0.4, -0.2) is 52.9 Å². The van der Waals surface area contributed by atoms with E-state index in [1.807, 2.05) is 48.7 Å². The molecule has 0 aliphatic rings. The Morgan fingerprint density at radius 1 is 1.31 bits per heavy atom. The highest BCUT2D eigenvalue weighted by Gasteiger charge is 2.12. The number of furan rings is 1. The zero-order valence-corrected chi connectivity index (χ0v) is 19.7. The number of hydrogen-bond donors (Lipinski definition) is 1. The van der Waals surface area contributed by atoms with Crippen LogP contribution in [0.25, 0.3) is 11.0 Å². The average Bonchev–Trinajstić information content (AvgIpc) is 3.24. The van der Waals surface area contributed by atoms with Crippen molar-refractivity contribution in [2.24, 2.45) is 12.0 Å². The molecule has 0 saturated heterocycles. The van der Waals surface area contributed by atoms with Crippen LogP contribution < -0.4 is 5.32 Å². The highest BCUT2D eigenvalue weighted by atomic mass is 127. The number of methoxy groups -OCH3 is 1. The summed E-state index contributed by atoms with van der Waals surface area (Å²) >= 11 is 0. The zero-order valence-electron chi connectivity index (χ0n) is 17.4. The molecule has 9 heteroatoms. The molecule has 0 bridgehead atoms. The molecule has 0 aliphatic carbocycles. The number of para-hydroxylation sites is 1. The second kappa shape index (κ2) is 11.1. The molecule has 2 heterocycles. The number of benzene rings is 1. The van der Waals surface area contributed by atoms with Gasteiger partial charge in [-0.25, -0.2) is 4.99 Å². The molecular weight excluding hydrogens is 483 g/mol. The average molecular weight is 512 g/mol. The van der Waals surface area contributed by atoms with E-state index in [9.17, 15) is 0 Å². The van der Waals surface area contributed by atoms with Crippen molar-refractivity contribution in [1.29, 1.82) is 0 Å². The molecule has 0 aliphatic heterocycles. The van der Waals surface area contributed by atoms with Gasteiger partial charge in [0.25, 0.3) is 0 Å². The SMILES string of the molecule is COCCCNC(=NCc1nnc(C)n1C)N(C)Cc1cc2ccccc2o1.I. The Hall–Kier alpha value is -2.14. The van der Waals surface area contributed by atoms with Crippen LogP contribution in [0.5, 0.6) is 0 Å². The normalized spacial score (nSPS) is 11.5. The molecule has 8 nitrogen and oxygen atoms in total. The van der Waals surface area contributed by atoms with Gasteiger partial charge in [-0.1, -0.05) is 18.2 Å². The van der Waals surface area contributed by atoms with Gasteiger partial charge in [-0.2, -0.15) is 0 Å². The molecule has 158 valence electrons. The lowest BCUT2D eigenvalue weighted by Crippen LogP contribution is -2.39. The monoisotopic (exact) mass is 512 g/mol. The zero-order chi connectivity index (χ0) is 19.9. The van der Waals surface area contributed by atoms with Crippen molar-refractivity contribution in [3.8, 4) is 0 Å². The van der Waals surface area contributed by atoms with Crippen molar-refractivity contribution < 1.29 is 9.15 Å². The molecule has 0 spiro atoms. The van der Waals surface area contributed by atoms with E-state index in [1.54, 1.807) is 7.11 Å². The number of hydrogen-bond acceptors (Lipinski definition) is 5. The molecule has 0 atom stereocenters. The number of halogens is 1. The number of aliphatic imine (C=N–C) groups is 1. The first-order valence-electron chi connectivity index (χ1n) is 9.39. The molecule has 2 aromatic heterocycles. The smallest absolute Gasteiger partial charge is 0.194 e. The van der Waals surface area contributed by atoms with Gasteiger partial charge in [0.2, 0.25) is 0 Å². The Balaban J connectivity index is 0.00000300. The van der Waals surface area contributed by atoms with E-state index < -0.39 is 0 Å². The Kier molecular flexibility index (Phi) is 8.90. The van der Waals surface area contributed by atoms with Crippen molar-refractivity contribution in [1.82, 2.24) is 25.0 Å². The first-order chi connectivity index (χ1) is 13.6. The van der Waals surface area contributed by atoms with E-state index in [2.05, 4.69) is 27.6 Å². The molecule has 0 radical (unpaired) electrons. The Bertz CT molecular complexity index is 903. The van der Waals surface area contributed by atoms with Gasteiger partial charge in [-0.3, -0.25) is 0 Å². The van der Waals surface area contributed by atoms with E-state index in [-0.39, 0.29) is 24.0 Å². The maximum Gasteiger partial charge on any atom is 0.194 e. The molecule has 0 amide bonds. The molecule has 29 heavy (non-hydrogen) atoms. The summed E-state index contributed by atoms with van der Waals surface area (Å²) in [5.74, 6) is 3.38. The largest absolute Gasteiger partial charge is 0.459 e. The summed E-state index contributed by atoms with van der Waals surface area (Å²) in [6, 6.07) is 10.1. The fourth-order valence-corrected chi connectivity index (χ4v) is 2.89. The fourth-order valence-electron chi connectivity index (χ4n) is 2.89. The minimum absolute atomic E-state index is 0. The third kappa shape index (κ3) is 6.17. The summed E-state index contributed by atoms with van der Waals surface area (Å²) in [5, 5.41) is 12.8. The van der Waals surface area contributed by atoms with Crippen molar-refractivity contribution in [3.05, 3.63) is 47.7 Å².